The van der Waals surface area contributed by atoms with Crippen molar-refractivity contribution in [2.45, 2.75) is 45.1 Å². The highest BCUT2D eigenvalue weighted by Gasteiger charge is 2.55. The second kappa shape index (κ2) is 3.29. The van der Waals surface area contributed by atoms with Crippen LogP contribution in [0.25, 0.3) is 0 Å². The Balaban J connectivity index is 2.11. The molecular weight excluding hydrogens is 162 g/mol. The van der Waals surface area contributed by atoms with Crippen LogP contribution in [0.5, 0.6) is 0 Å². The number of alkyl halides is 2. The summed E-state index contributed by atoms with van der Waals surface area (Å²) in [4.78, 5) is 0. The van der Waals surface area contributed by atoms with Gasteiger partial charge < -0.3 is 5.11 Å². The second-order valence-electron chi connectivity index (χ2n) is 3.96. The van der Waals surface area contributed by atoms with Gasteiger partial charge in [0.05, 0.1) is 6.10 Å². The van der Waals surface area contributed by atoms with E-state index in [0.717, 1.165) is 0 Å². The summed E-state index contributed by atoms with van der Waals surface area (Å²) in [5.41, 5.74) is 0. The molecule has 0 aromatic carbocycles. The Kier molecular flexibility index (Phi) is 2.71. The van der Waals surface area contributed by atoms with E-state index < -0.39 is 11.8 Å². The Labute approximate surface area is 71.8 Å². The molecule has 1 aliphatic carbocycles. The molecule has 0 aromatic rings. The number of rotatable bonds is 4. The molecule has 0 amide bonds. The molecule has 0 radical (unpaired) electrons. The maximum Gasteiger partial charge on any atom is 0.251 e. The van der Waals surface area contributed by atoms with Crippen LogP contribution in [0.4, 0.5) is 8.78 Å². The lowest BCUT2D eigenvalue weighted by molar-refractivity contribution is 0.0889. The maximum absolute atomic E-state index is 12.4. The summed E-state index contributed by atoms with van der Waals surface area (Å²) in [6.07, 6.45) is 0.939. The highest BCUT2D eigenvalue weighted by atomic mass is 19.3. The molecule has 1 fully saturated rings. The van der Waals surface area contributed by atoms with E-state index in [4.69, 9.17) is 5.11 Å². The van der Waals surface area contributed by atoms with Crippen molar-refractivity contribution in [3.63, 3.8) is 0 Å². The molecule has 0 heterocycles. The molecule has 0 bridgehead atoms. The summed E-state index contributed by atoms with van der Waals surface area (Å²) in [6, 6.07) is 0. The Bertz CT molecular complexity index is 155. The van der Waals surface area contributed by atoms with Gasteiger partial charge in [0.25, 0.3) is 5.92 Å². The van der Waals surface area contributed by atoms with E-state index in [1.165, 1.54) is 0 Å². The van der Waals surface area contributed by atoms with Gasteiger partial charge in [-0.2, -0.15) is 0 Å². The van der Waals surface area contributed by atoms with Crippen LogP contribution in [-0.4, -0.2) is 17.1 Å². The van der Waals surface area contributed by atoms with E-state index in [-0.39, 0.29) is 18.4 Å². The Morgan fingerprint density at radius 2 is 2.00 bits per heavy atom. The summed E-state index contributed by atoms with van der Waals surface area (Å²) < 4.78 is 24.8. The molecule has 3 unspecified atom stereocenters. The van der Waals surface area contributed by atoms with Crippen molar-refractivity contribution in [1.82, 2.24) is 0 Å². The number of halogens is 2. The summed E-state index contributed by atoms with van der Waals surface area (Å²) in [5, 5.41) is 9.10. The van der Waals surface area contributed by atoms with Gasteiger partial charge in [-0.3, -0.25) is 0 Å². The van der Waals surface area contributed by atoms with Crippen LogP contribution in [0.3, 0.4) is 0 Å². The van der Waals surface area contributed by atoms with Gasteiger partial charge >= 0.3 is 0 Å². The lowest BCUT2D eigenvalue weighted by atomic mass is 9.98. The monoisotopic (exact) mass is 178 g/mol. The molecule has 3 heteroatoms. The van der Waals surface area contributed by atoms with Gasteiger partial charge in [0.15, 0.2) is 0 Å². The SMILES string of the molecule is CC(O)C(C)CCC1CC1(F)F. The molecule has 1 nitrogen and oxygen atoms in total. The van der Waals surface area contributed by atoms with Gasteiger partial charge in [0, 0.05) is 12.3 Å². The first kappa shape index (κ1) is 9.90. The van der Waals surface area contributed by atoms with Crippen molar-refractivity contribution in [2.24, 2.45) is 11.8 Å². The van der Waals surface area contributed by atoms with Crippen molar-refractivity contribution in [3.05, 3.63) is 0 Å². The quantitative estimate of drug-likeness (QED) is 0.701. The first-order chi connectivity index (χ1) is 5.43. The number of aliphatic hydroxyl groups is 1. The van der Waals surface area contributed by atoms with Crippen molar-refractivity contribution < 1.29 is 13.9 Å². The van der Waals surface area contributed by atoms with Crippen LogP contribution in [0.1, 0.15) is 33.1 Å². The molecule has 1 N–H and O–H groups in total. The number of aliphatic hydroxyl groups excluding tert-OH is 1. The van der Waals surface area contributed by atoms with Crippen LogP contribution in [0.15, 0.2) is 0 Å². The van der Waals surface area contributed by atoms with Gasteiger partial charge in [-0.1, -0.05) is 6.92 Å². The van der Waals surface area contributed by atoms with Crippen LogP contribution in [0.2, 0.25) is 0 Å². The summed E-state index contributed by atoms with van der Waals surface area (Å²) >= 11 is 0. The van der Waals surface area contributed by atoms with E-state index in [1.807, 2.05) is 6.92 Å². The zero-order valence-corrected chi connectivity index (χ0v) is 7.56. The Morgan fingerprint density at radius 3 is 2.33 bits per heavy atom. The van der Waals surface area contributed by atoms with E-state index in [9.17, 15) is 8.78 Å². The molecule has 1 rings (SSSR count). The van der Waals surface area contributed by atoms with E-state index >= 15 is 0 Å². The molecule has 72 valence electrons. The topological polar surface area (TPSA) is 20.2 Å². The molecule has 0 spiro atoms. The predicted octanol–water partition coefficient (Wildman–Crippen LogP) is 2.44. The highest BCUT2D eigenvalue weighted by molar-refractivity contribution is 4.94. The van der Waals surface area contributed by atoms with Gasteiger partial charge in [0.2, 0.25) is 0 Å². The summed E-state index contributed by atoms with van der Waals surface area (Å²) in [6.45, 7) is 3.60. The lowest BCUT2D eigenvalue weighted by Gasteiger charge is -2.13. The Hall–Kier alpha value is -0.180. The first-order valence-corrected chi connectivity index (χ1v) is 4.49. The van der Waals surface area contributed by atoms with Crippen molar-refractivity contribution in [1.29, 1.82) is 0 Å². The highest BCUT2D eigenvalue weighted by Crippen LogP contribution is 2.51. The smallest absolute Gasteiger partial charge is 0.251 e. The molecule has 0 aliphatic heterocycles. The molecule has 1 aliphatic rings. The standard InChI is InChI=1S/C9H16F2O/c1-6(7(2)12)3-4-8-5-9(8,10)11/h6-8,12H,3-5H2,1-2H3. The van der Waals surface area contributed by atoms with Gasteiger partial charge in [-0.15, -0.1) is 0 Å². The molecule has 0 aromatic heterocycles. The third kappa shape index (κ3) is 2.41. The minimum absolute atomic E-state index is 0.0551. The van der Waals surface area contributed by atoms with Gasteiger partial charge in [0.1, 0.15) is 0 Å². The first-order valence-electron chi connectivity index (χ1n) is 4.49. The fourth-order valence-electron chi connectivity index (χ4n) is 1.29. The lowest BCUT2D eigenvalue weighted by Crippen LogP contribution is -2.13. The van der Waals surface area contributed by atoms with E-state index in [0.29, 0.717) is 12.8 Å². The van der Waals surface area contributed by atoms with Crippen LogP contribution in [0, 0.1) is 11.8 Å². The van der Waals surface area contributed by atoms with E-state index in [2.05, 4.69) is 0 Å². The predicted molar refractivity (Wildman–Crippen MR) is 43.1 cm³/mol. The largest absolute Gasteiger partial charge is 0.393 e. The average Bonchev–Trinajstić information content (AvgIpc) is 2.54. The van der Waals surface area contributed by atoms with Gasteiger partial charge in [-0.05, 0) is 25.7 Å². The van der Waals surface area contributed by atoms with Crippen molar-refractivity contribution in [2.75, 3.05) is 0 Å². The van der Waals surface area contributed by atoms with Gasteiger partial charge in [-0.25, -0.2) is 8.78 Å². The number of hydrogen-bond donors (Lipinski definition) is 1. The third-order valence-electron chi connectivity index (χ3n) is 2.75. The Morgan fingerprint density at radius 1 is 1.50 bits per heavy atom. The fourth-order valence-corrected chi connectivity index (χ4v) is 1.29. The average molecular weight is 178 g/mol. The zero-order chi connectivity index (χ0) is 9.35. The van der Waals surface area contributed by atoms with Crippen molar-refractivity contribution in [3.8, 4) is 0 Å². The minimum Gasteiger partial charge on any atom is -0.393 e. The van der Waals surface area contributed by atoms with Crippen LogP contribution in [-0.2, 0) is 0 Å². The second-order valence-corrected chi connectivity index (χ2v) is 3.96. The van der Waals surface area contributed by atoms with E-state index in [1.54, 1.807) is 6.92 Å². The maximum atomic E-state index is 12.4. The number of hydrogen-bond acceptors (Lipinski definition) is 1. The molecule has 12 heavy (non-hydrogen) atoms. The van der Waals surface area contributed by atoms with Crippen LogP contribution < -0.4 is 0 Å². The molecular formula is C9H16F2O. The molecule has 0 saturated heterocycles. The third-order valence-corrected chi connectivity index (χ3v) is 2.75. The fraction of sp³-hybridized carbons (Fsp3) is 1.00. The van der Waals surface area contributed by atoms with Crippen molar-refractivity contribution >= 4 is 0 Å². The van der Waals surface area contributed by atoms with Crippen LogP contribution >= 0.6 is 0 Å². The summed E-state index contributed by atoms with van der Waals surface area (Å²) in [7, 11) is 0. The zero-order valence-electron chi connectivity index (χ0n) is 7.56. The molecule has 1 saturated carbocycles. The normalized spacial score (nSPS) is 31.2. The molecule has 3 atom stereocenters. The minimum atomic E-state index is -2.39. The summed E-state index contributed by atoms with van der Waals surface area (Å²) in [5.74, 6) is -2.65.